The maximum Gasteiger partial charge on any atom is 0.220 e. The van der Waals surface area contributed by atoms with Crippen LogP contribution in [0.1, 0.15) is 303 Å². The Morgan fingerprint density at radius 3 is 1.19 bits per heavy atom. The van der Waals surface area contributed by atoms with E-state index >= 15 is 0 Å². The van der Waals surface area contributed by atoms with Crippen LogP contribution in [0.4, 0.5) is 0 Å². The lowest BCUT2D eigenvalue weighted by Gasteiger charge is -2.40. The van der Waals surface area contributed by atoms with Crippen LogP contribution in [-0.2, 0) is 14.3 Å². The molecule has 1 aliphatic heterocycles. The summed E-state index contributed by atoms with van der Waals surface area (Å²) in [7, 11) is 0. The Labute approximate surface area is 420 Å². The molecule has 7 atom stereocenters. The predicted octanol–water partition coefficient (Wildman–Crippen LogP) is 14.8. The number of aliphatic hydroxyl groups excluding tert-OH is 5. The second-order valence-corrected chi connectivity index (χ2v) is 21.1. The van der Waals surface area contributed by atoms with Crippen molar-refractivity contribution < 1.29 is 39.8 Å². The fraction of sp³-hybridized carbons (Fsp3) is 0.949. The van der Waals surface area contributed by atoms with Crippen LogP contribution in [0.2, 0.25) is 0 Å². The van der Waals surface area contributed by atoms with Crippen LogP contribution >= 0.6 is 0 Å². The van der Waals surface area contributed by atoms with Crippen LogP contribution in [0.15, 0.2) is 12.2 Å². The van der Waals surface area contributed by atoms with Gasteiger partial charge in [0.05, 0.1) is 25.4 Å². The number of rotatable bonds is 52. The average molecular weight is 967 g/mol. The lowest BCUT2D eigenvalue weighted by molar-refractivity contribution is -0.302. The summed E-state index contributed by atoms with van der Waals surface area (Å²) in [5, 5.41) is 54.7. The standard InChI is InChI=1S/C59H115NO8/c1-3-5-7-9-11-13-15-17-19-21-23-25-26-27-29-31-33-35-37-39-41-43-45-47-49-55(63)60-52(51-67-59-58(66)57(65)56(64)54(50-61)68-59)53(62)48-46-44-42-40-38-36-34-32-30-28-24-22-20-18-16-14-12-10-8-6-4-2/h27,29,52-54,56-59,61-62,64-66H,3-26,28,30-51H2,1-2H3,(H,60,63)/b29-27-. The van der Waals surface area contributed by atoms with Gasteiger partial charge in [0.15, 0.2) is 6.29 Å². The minimum absolute atomic E-state index is 0.135. The molecule has 404 valence electrons. The number of unbranched alkanes of at least 4 members (excludes halogenated alkanes) is 40. The van der Waals surface area contributed by atoms with Gasteiger partial charge in [0.2, 0.25) is 5.91 Å². The van der Waals surface area contributed by atoms with E-state index in [0.717, 1.165) is 38.5 Å². The Bertz CT molecular complexity index is 1080. The molecular weight excluding hydrogens is 851 g/mol. The maximum absolute atomic E-state index is 13.1. The monoisotopic (exact) mass is 966 g/mol. The first-order chi connectivity index (χ1) is 33.3. The molecule has 1 fully saturated rings. The van der Waals surface area contributed by atoms with Crippen molar-refractivity contribution in [3.05, 3.63) is 12.2 Å². The zero-order valence-corrected chi connectivity index (χ0v) is 44.9. The van der Waals surface area contributed by atoms with Gasteiger partial charge in [-0.3, -0.25) is 4.79 Å². The highest BCUT2D eigenvalue weighted by molar-refractivity contribution is 5.76. The molecule has 0 spiro atoms. The van der Waals surface area contributed by atoms with Crippen molar-refractivity contribution >= 4 is 5.91 Å². The topological polar surface area (TPSA) is 149 Å². The largest absolute Gasteiger partial charge is 0.394 e. The first-order valence-corrected chi connectivity index (χ1v) is 29.9. The van der Waals surface area contributed by atoms with E-state index in [2.05, 4.69) is 31.3 Å². The smallest absolute Gasteiger partial charge is 0.220 e. The molecule has 9 nitrogen and oxygen atoms in total. The first kappa shape index (κ1) is 64.9. The first-order valence-electron chi connectivity index (χ1n) is 29.9. The minimum Gasteiger partial charge on any atom is -0.394 e. The summed E-state index contributed by atoms with van der Waals surface area (Å²) in [6.07, 6.45) is 53.8. The Morgan fingerprint density at radius 2 is 0.824 bits per heavy atom. The van der Waals surface area contributed by atoms with Gasteiger partial charge in [-0.25, -0.2) is 0 Å². The molecular formula is C59H115NO8. The molecule has 0 aliphatic carbocycles. The molecule has 9 heteroatoms. The summed E-state index contributed by atoms with van der Waals surface area (Å²) in [5.41, 5.74) is 0. The second-order valence-electron chi connectivity index (χ2n) is 21.1. The number of carbonyl (C=O) groups excluding carboxylic acids is 1. The molecule has 1 aliphatic rings. The van der Waals surface area contributed by atoms with Crippen LogP contribution < -0.4 is 5.32 Å². The summed E-state index contributed by atoms with van der Waals surface area (Å²) >= 11 is 0. The number of hydrogen-bond acceptors (Lipinski definition) is 8. The van der Waals surface area contributed by atoms with Gasteiger partial charge < -0.3 is 40.3 Å². The van der Waals surface area contributed by atoms with Crippen LogP contribution in [0.3, 0.4) is 0 Å². The third-order valence-electron chi connectivity index (χ3n) is 14.6. The van der Waals surface area contributed by atoms with Crippen LogP contribution in [0.5, 0.6) is 0 Å². The van der Waals surface area contributed by atoms with Crippen LogP contribution in [-0.4, -0.2) is 87.5 Å². The Morgan fingerprint density at radius 1 is 0.485 bits per heavy atom. The third-order valence-corrected chi connectivity index (χ3v) is 14.6. The summed E-state index contributed by atoms with van der Waals surface area (Å²) < 4.78 is 11.3. The van der Waals surface area contributed by atoms with Crippen molar-refractivity contribution in [1.29, 1.82) is 0 Å². The number of nitrogens with one attached hydrogen (secondary N) is 1. The zero-order valence-electron chi connectivity index (χ0n) is 44.9. The van der Waals surface area contributed by atoms with Gasteiger partial charge in [-0.05, 0) is 38.5 Å². The van der Waals surface area contributed by atoms with Crippen molar-refractivity contribution in [2.45, 2.75) is 346 Å². The Kier molecular flexibility index (Phi) is 47.3. The van der Waals surface area contributed by atoms with Crippen molar-refractivity contribution in [3.8, 4) is 0 Å². The van der Waals surface area contributed by atoms with E-state index in [-0.39, 0.29) is 12.5 Å². The summed E-state index contributed by atoms with van der Waals surface area (Å²) in [6.45, 7) is 3.88. The number of aliphatic hydroxyl groups is 5. The maximum atomic E-state index is 13.1. The van der Waals surface area contributed by atoms with Gasteiger partial charge in [0.1, 0.15) is 24.4 Å². The molecule has 0 aromatic carbocycles. The molecule has 68 heavy (non-hydrogen) atoms. The summed E-state index contributed by atoms with van der Waals surface area (Å²) in [6, 6.07) is -0.718. The normalized spacial score (nSPS) is 19.5. The highest BCUT2D eigenvalue weighted by atomic mass is 16.7. The molecule has 0 saturated carbocycles. The lowest BCUT2D eigenvalue weighted by Crippen LogP contribution is -2.60. The molecule has 1 heterocycles. The molecule has 0 aromatic heterocycles. The highest BCUT2D eigenvalue weighted by Gasteiger charge is 2.44. The quantitative estimate of drug-likeness (QED) is 0.0261. The van der Waals surface area contributed by atoms with E-state index in [4.69, 9.17) is 9.47 Å². The molecule has 1 amide bonds. The Balaban J connectivity index is 2.19. The highest BCUT2D eigenvalue weighted by Crippen LogP contribution is 2.23. The van der Waals surface area contributed by atoms with E-state index in [0.29, 0.717) is 12.8 Å². The van der Waals surface area contributed by atoms with Crippen molar-refractivity contribution in [2.75, 3.05) is 13.2 Å². The molecule has 6 N–H and O–H groups in total. The number of carbonyl (C=O) groups is 1. The lowest BCUT2D eigenvalue weighted by atomic mass is 9.99. The Hall–Kier alpha value is -1.07. The van der Waals surface area contributed by atoms with Gasteiger partial charge >= 0.3 is 0 Å². The minimum atomic E-state index is -1.55. The summed E-state index contributed by atoms with van der Waals surface area (Å²) in [4.78, 5) is 13.1. The summed E-state index contributed by atoms with van der Waals surface area (Å²) in [5.74, 6) is -0.142. The predicted molar refractivity (Wildman–Crippen MR) is 286 cm³/mol. The molecule has 7 unspecified atom stereocenters. The third kappa shape index (κ3) is 38.6. The SMILES string of the molecule is CCCCCCCCCCCCCC/C=C\CCCCCCCCCCC(=O)NC(COC1OC(CO)C(O)C(O)C1O)C(O)CCCCCCCCCCCCCCCCCCCCCCC. The molecule has 1 saturated heterocycles. The van der Waals surface area contributed by atoms with Crippen molar-refractivity contribution in [2.24, 2.45) is 0 Å². The van der Waals surface area contributed by atoms with Gasteiger partial charge in [-0.1, -0.05) is 270 Å². The van der Waals surface area contributed by atoms with Crippen LogP contribution in [0.25, 0.3) is 0 Å². The number of amides is 1. The van der Waals surface area contributed by atoms with E-state index in [1.165, 1.54) is 238 Å². The average Bonchev–Trinajstić information content (AvgIpc) is 3.34. The number of allylic oxidation sites excluding steroid dienone is 2. The van der Waals surface area contributed by atoms with Crippen LogP contribution in [0, 0.1) is 0 Å². The fourth-order valence-corrected chi connectivity index (χ4v) is 9.87. The van der Waals surface area contributed by atoms with E-state index in [1.54, 1.807) is 0 Å². The van der Waals surface area contributed by atoms with Crippen molar-refractivity contribution in [3.63, 3.8) is 0 Å². The fourth-order valence-electron chi connectivity index (χ4n) is 9.87. The van der Waals surface area contributed by atoms with Gasteiger partial charge in [-0.15, -0.1) is 0 Å². The number of hydrogen-bond donors (Lipinski definition) is 6. The van der Waals surface area contributed by atoms with Crippen molar-refractivity contribution in [1.82, 2.24) is 5.32 Å². The van der Waals surface area contributed by atoms with Gasteiger partial charge in [0.25, 0.3) is 0 Å². The van der Waals surface area contributed by atoms with E-state index in [9.17, 15) is 30.3 Å². The second kappa shape index (κ2) is 49.5. The van der Waals surface area contributed by atoms with E-state index in [1.807, 2.05) is 0 Å². The van der Waals surface area contributed by atoms with Gasteiger partial charge in [0, 0.05) is 6.42 Å². The molecule has 0 bridgehead atoms. The molecule has 1 rings (SSSR count). The zero-order chi connectivity index (χ0) is 49.4. The number of ether oxygens (including phenoxy) is 2. The molecule has 0 aromatic rings. The van der Waals surface area contributed by atoms with Gasteiger partial charge in [-0.2, -0.15) is 0 Å². The molecule has 0 radical (unpaired) electrons. The van der Waals surface area contributed by atoms with E-state index < -0.39 is 49.5 Å².